The van der Waals surface area contributed by atoms with E-state index in [1.165, 1.54) is 6.92 Å². The van der Waals surface area contributed by atoms with E-state index in [4.69, 9.17) is 11.1 Å². The molecule has 27 heavy (non-hydrogen) atoms. The van der Waals surface area contributed by atoms with Crippen molar-refractivity contribution in [2.75, 3.05) is 0 Å². The van der Waals surface area contributed by atoms with E-state index in [-0.39, 0.29) is 5.78 Å². The first-order valence-corrected chi connectivity index (χ1v) is 8.56. The van der Waals surface area contributed by atoms with Crippen LogP contribution >= 0.6 is 0 Å². The van der Waals surface area contributed by atoms with E-state index in [0.29, 0.717) is 34.8 Å². The largest absolute Gasteiger partial charge is 0.383 e. The summed E-state index contributed by atoms with van der Waals surface area (Å²) in [5.74, 6) is 0.288. The van der Waals surface area contributed by atoms with Gasteiger partial charge >= 0.3 is 0 Å². The van der Waals surface area contributed by atoms with Gasteiger partial charge in [0.25, 0.3) is 0 Å². The Hall–Kier alpha value is -3.60. The smallest absolute Gasteiger partial charge is 0.159 e. The van der Waals surface area contributed by atoms with Gasteiger partial charge in [0, 0.05) is 41.2 Å². The van der Waals surface area contributed by atoms with Gasteiger partial charge in [-0.15, -0.1) is 0 Å². The lowest BCUT2D eigenvalue weighted by molar-refractivity contribution is 0.101. The quantitative estimate of drug-likeness (QED) is 0.398. The average Bonchev–Trinajstić information content (AvgIpc) is 2.69. The van der Waals surface area contributed by atoms with Crippen molar-refractivity contribution >= 4 is 23.0 Å². The summed E-state index contributed by atoms with van der Waals surface area (Å²) >= 11 is 0. The molecule has 0 radical (unpaired) electrons. The molecule has 2 aromatic carbocycles. The number of nitrogens with two attached hydrogens (primary N) is 1. The van der Waals surface area contributed by atoms with Crippen molar-refractivity contribution in [2.24, 2.45) is 10.7 Å². The first-order valence-electron chi connectivity index (χ1n) is 8.56. The molecule has 0 bridgehead atoms. The van der Waals surface area contributed by atoms with Crippen LogP contribution in [0.15, 0.2) is 78.0 Å². The summed E-state index contributed by atoms with van der Waals surface area (Å²) in [6.45, 7) is 1.52. The van der Waals surface area contributed by atoms with Crippen molar-refractivity contribution in [1.82, 2.24) is 4.98 Å². The van der Waals surface area contributed by atoms with Gasteiger partial charge in [0.05, 0.1) is 5.69 Å². The number of carbonyl (C=O) groups excluding carboxylic acids is 1. The Balaban J connectivity index is 1.92. The first kappa shape index (κ1) is 18.2. The SMILES string of the molecule is CC(=O)c1cccc(N=C(N)c2ccccc2C(=N)Cc2ccncc2)c1. The van der Waals surface area contributed by atoms with E-state index >= 15 is 0 Å². The predicted octanol–water partition coefficient (Wildman–Crippen LogP) is 3.93. The van der Waals surface area contributed by atoms with Crippen molar-refractivity contribution in [3.63, 3.8) is 0 Å². The highest BCUT2D eigenvalue weighted by atomic mass is 16.1. The van der Waals surface area contributed by atoms with Crippen LogP contribution < -0.4 is 5.73 Å². The molecule has 0 aliphatic carbocycles. The number of pyridine rings is 1. The first-order chi connectivity index (χ1) is 13.0. The molecule has 1 aromatic heterocycles. The summed E-state index contributed by atoms with van der Waals surface area (Å²) in [5.41, 5.74) is 10.3. The third-order valence-corrected chi connectivity index (χ3v) is 4.16. The van der Waals surface area contributed by atoms with Crippen LogP contribution in [-0.2, 0) is 6.42 Å². The summed E-state index contributed by atoms with van der Waals surface area (Å²) < 4.78 is 0. The van der Waals surface area contributed by atoms with E-state index in [1.807, 2.05) is 36.4 Å². The number of benzene rings is 2. The number of amidine groups is 1. The number of rotatable bonds is 6. The second-order valence-corrected chi connectivity index (χ2v) is 6.16. The van der Waals surface area contributed by atoms with Gasteiger partial charge in [-0.2, -0.15) is 0 Å². The van der Waals surface area contributed by atoms with Crippen molar-refractivity contribution in [1.29, 1.82) is 5.41 Å². The monoisotopic (exact) mass is 356 g/mol. The molecule has 5 heteroatoms. The van der Waals surface area contributed by atoms with Crippen molar-refractivity contribution in [3.05, 3.63) is 95.3 Å². The molecular weight excluding hydrogens is 336 g/mol. The number of aliphatic imine (C=N–C) groups is 1. The minimum absolute atomic E-state index is 0.0230. The molecule has 0 amide bonds. The summed E-state index contributed by atoms with van der Waals surface area (Å²) in [4.78, 5) is 20.0. The maximum absolute atomic E-state index is 11.6. The number of Topliss-reactive ketones (excluding diaryl/α,β-unsaturated/α-hetero) is 1. The second-order valence-electron chi connectivity index (χ2n) is 6.16. The molecule has 134 valence electrons. The summed E-state index contributed by atoms with van der Waals surface area (Å²) in [5, 5.41) is 8.50. The molecule has 0 saturated carbocycles. The van der Waals surface area contributed by atoms with Crippen LogP contribution in [0.1, 0.15) is 34.0 Å². The van der Waals surface area contributed by atoms with Gasteiger partial charge in [0.15, 0.2) is 5.78 Å². The molecule has 0 saturated heterocycles. The lowest BCUT2D eigenvalue weighted by Crippen LogP contribution is -2.18. The van der Waals surface area contributed by atoms with Crippen molar-refractivity contribution in [3.8, 4) is 0 Å². The Kier molecular flexibility index (Phi) is 5.52. The van der Waals surface area contributed by atoms with E-state index in [0.717, 1.165) is 11.1 Å². The van der Waals surface area contributed by atoms with Crippen molar-refractivity contribution < 1.29 is 4.79 Å². The molecule has 0 unspecified atom stereocenters. The van der Waals surface area contributed by atoms with Crippen LogP contribution in [-0.4, -0.2) is 22.3 Å². The maximum Gasteiger partial charge on any atom is 0.159 e. The molecule has 3 rings (SSSR count). The lowest BCUT2D eigenvalue weighted by atomic mass is 9.97. The predicted molar refractivity (Wildman–Crippen MR) is 108 cm³/mol. The third kappa shape index (κ3) is 4.52. The molecule has 3 aromatic rings. The standard InChI is InChI=1S/C22H20N4O/c1-15(27)17-5-4-6-18(14-17)26-22(24)20-8-3-2-7-19(20)21(23)13-16-9-11-25-12-10-16/h2-12,14,23H,13H2,1H3,(H2,24,26). The number of hydrogen-bond acceptors (Lipinski definition) is 4. The fourth-order valence-corrected chi connectivity index (χ4v) is 2.76. The zero-order chi connectivity index (χ0) is 19.2. The Morgan fingerprint density at radius 3 is 2.44 bits per heavy atom. The zero-order valence-electron chi connectivity index (χ0n) is 15.0. The molecule has 0 atom stereocenters. The number of aromatic nitrogens is 1. The number of nitrogens with zero attached hydrogens (tertiary/aromatic N) is 2. The van der Waals surface area contributed by atoms with Crippen LogP contribution in [0.3, 0.4) is 0 Å². The molecule has 0 fully saturated rings. The average molecular weight is 356 g/mol. The molecule has 0 aliphatic heterocycles. The molecule has 0 aliphatic rings. The van der Waals surface area contributed by atoms with Gasteiger partial charge in [-0.3, -0.25) is 9.78 Å². The normalized spacial score (nSPS) is 11.2. The van der Waals surface area contributed by atoms with Crippen LogP contribution in [0.5, 0.6) is 0 Å². The highest BCUT2D eigenvalue weighted by Gasteiger charge is 2.11. The third-order valence-electron chi connectivity index (χ3n) is 4.16. The number of nitrogens with one attached hydrogen (secondary N) is 1. The van der Waals surface area contributed by atoms with Gasteiger partial charge in [0.1, 0.15) is 5.84 Å². The Morgan fingerprint density at radius 2 is 1.74 bits per heavy atom. The van der Waals surface area contributed by atoms with Gasteiger partial charge in [-0.25, -0.2) is 4.99 Å². The second kappa shape index (κ2) is 8.19. The Bertz CT molecular complexity index is 1010. The van der Waals surface area contributed by atoms with Gasteiger partial charge in [0.2, 0.25) is 0 Å². The Morgan fingerprint density at radius 1 is 1.04 bits per heavy atom. The van der Waals surface area contributed by atoms with E-state index < -0.39 is 0 Å². The van der Waals surface area contributed by atoms with Crippen LogP contribution in [0.25, 0.3) is 0 Å². The molecule has 0 spiro atoms. The topological polar surface area (TPSA) is 92.2 Å². The van der Waals surface area contributed by atoms with Crippen LogP contribution in [0.4, 0.5) is 5.69 Å². The number of ketones is 1. The van der Waals surface area contributed by atoms with Crippen LogP contribution in [0, 0.1) is 5.41 Å². The molecule has 5 nitrogen and oxygen atoms in total. The van der Waals surface area contributed by atoms with E-state index in [9.17, 15) is 4.79 Å². The van der Waals surface area contributed by atoms with Gasteiger partial charge < -0.3 is 11.1 Å². The number of carbonyl (C=O) groups is 1. The summed E-state index contributed by atoms with van der Waals surface area (Å²) in [6.07, 6.45) is 3.91. The van der Waals surface area contributed by atoms with E-state index in [2.05, 4.69) is 9.98 Å². The number of hydrogen-bond donors (Lipinski definition) is 2. The lowest BCUT2D eigenvalue weighted by Gasteiger charge is -2.11. The summed E-state index contributed by atoms with van der Waals surface area (Å²) in [7, 11) is 0. The Labute approximate surface area is 158 Å². The minimum atomic E-state index is -0.0230. The van der Waals surface area contributed by atoms with Crippen molar-refractivity contribution in [2.45, 2.75) is 13.3 Å². The van der Waals surface area contributed by atoms with Gasteiger partial charge in [-0.1, -0.05) is 36.4 Å². The van der Waals surface area contributed by atoms with E-state index in [1.54, 1.807) is 36.7 Å². The van der Waals surface area contributed by atoms with Gasteiger partial charge in [-0.05, 0) is 36.8 Å². The fraction of sp³-hybridized carbons (Fsp3) is 0.0909. The summed E-state index contributed by atoms with van der Waals surface area (Å²) in [6, 6.07) is 18.3. The maximum atomic E-state index is 11.6. The zero-order valence-corrected chi connectivity index (χ0v) is 15.0. The highest BCUT2D eigenvalue weighted by molar-refractivity contribution is 6.11. The molecule has 3 N–H and O–H groups in total. The highest BCUT2D eigenvalue weighted by Crippen LogP contribution is 2.18. The fourth-order valence-electron chi connectivity index (χ4n) is 2.76. The van der Waals surface area contributed by atoms with Crippen LogP contribution in [0.2, 0.25) is 0 Å². The molecule has 1 heterocycles. The minimum Gasteiger partial charge on any atom is -0.383 e. The molecular formula is C22H20N4O.